The first-order valence-corrected chi connectivity index (χ1v) is 5.34. The summed E-state index contributed by atoms with van der Waals surface area (Å²) in [5.41, 5.74) is 0.703. The fourth-order valence-corrected chi connectivity index (χ4v) is 1.71. The van der Waals surface area contributed by atoms with Gasteiger partial charge in [-0.05, 0) is 24.1 Å². The molecule has 0 atom stereocenters. The van der Waals surface area contributed by atoms with Gasteiger partial charge in [-0.25, -0.2) is 0 Å². The van der Waals surface area contributed by atoms with Gasteiger partial charge >= 0.3 is 0 Å². The van der Waals surface area contributed by atoms with Crippen LogP contribution in [0, 0.1) is 5.41 Å². The lowest BCUT2D eigenvalue weighted by atomic mass is 9.85. The zero-order valence-corrected chi connectivity index (χ0v) is 10.3. The zero-order valence-electron chi connectivity index (χ0n) is 10.3. The van der Waals surface area contributed by atoms with Gasteiger partial charge in [-0.3, -0.25) is 4.79 Å². The van der Waals surface area contributed by atoms with E-state index in [1.54, 1.807) is 14.2 Å². The number of carbonyl (C=O) groups is 1. The highest BCUT2D eigenvalue weighted by Crippen LogP contribution is 2.24. The number of methoxy groups -OCH3 is 1. The van der Waals surface area contributed by atoms with Gasteiger partial charge in [0.2, 0.25) is 5.91 Å². The number of carbonyl (C=O) groups excluding carboxylic acids is 1. The summed E-state index contributed by atoms with van der Waals surface area (Å²) >= 11 is 0. The van der Waals surface area contributed by atoms with E-state index in [4.69, 9.17) is 4.74 Å². The summed E-state index contributed by atoms with van der Waals surface area (Å²) in [6, 6.07) is 7.81. The lowest BCUT2D eigenvalue weighted by molar-refractivity contribution is -0.128. The van der Waals surface area contributed by atoms with E-state index in [0.717, 1.165) is 11.3 Å². The van der Waals surface area contributed by atoms with E-state index in [-0.39, 0.29) is 5.91 Å². The number of benzene rings is 1. The van der Waals surface area contributed by atoms with Crippen LogP contribution in [0.1, 0.15) is 19.4 Å². The highest BCUT2D eigenvalue weighted by molar-refractivity contribution is 5.81. The van der Waals surface area contributed by atoms with Crippen LogP contribution in [0.15, 0.2) is 24.3 Å². The molecule has 0 aliphatic carbocycles. The molecular formula is C13H19NO2. The maximum atomic E-state index is 11.7. The van der Waals surface area contributed by atoms with Crippen molar-refractivity contribution in [1.29, 1.82) is 0 Å². The number of hydrogen-bond acceptors (Lipinski definition) is 2. The minimum absolute atomic E-state index is 0.0512. The Labute approximate surface area is 96.8 Å². The molecule has 16 heavy (non-hydrogen) atoms. The molecule has 0 fully saturated rings. The molecule has 0 saturated carbocycles. The van der Waals surface area contributed by atoms with E-state index in [1.165, 1.54) is 0 Å². The third-order valence-electron chi connectivity index (χ3n) is 2.62. The standard InChI is InChI=1S/C13H19NO2/c1-13(2,12(15)14-3)9-10-6-5-7-11(8-10)16-4/h5-8H,9H2,1-4H3,(H,14,15). The van der Waals surface area contributed by atoms with Crippen LogP contribution in [0.3, 0.4) is 0 Å². The van der Waals surface area contributed by atoms with Gasteiger partial charge in [0.05, 0.1) is 7.11 Å². The van der Waals surface area contributed by atoms with Crippen molar-refractivity contribution in [2.24, 2.45) is 5.41 Å². The van der Waals surface area contributed by atoms with Crippen LogP contribution in [-0.4, -0.2) is 20.1 Å². The van der Waals surface area contributed by atoms with Crippen molar-refractivity contribution in [2.45, 2.75) is 20.3 Å². The van der Waals surface area contributed by atoms with Crippen LogP contribution in [-0.2, 0) is 11.2 Å². The summed E-state index contributed by atoms with van der Waals surface area (Å²) in [7, 11) is 3.30. The number of rotatable bonds is 4. The number of hydrogen-bond donors (Lipinski definition) is 1. The van der Waals surface area contributed by atoms with Crippen LogP contribution in [0.2, 0.25) is 0 Å². The second-order valence-corrected chi connectivity index (χ2v) is 4.49. The summed E-state index contributed by atoms with van der Waals surface area (Å²) < 4.78 is 5.16. The van der Waals surface area contributed by atoms with E-state index >= 15 is 0 Å². The summed E-state index contributed by atoms with van der Waals surface area (Å²) in [4.78, 5) is 11.7. The van der Waals surface area contributed by atoms with Crippen molar-refractivity contribution < 1.29 is 9.53 Å². The van der Waals surface area contributed by atoms with E-state index < -0.39 is 5.41 Å². The normalized spacial score (nSPS) is 11.0. The van der Waals surface area contributed by atoms with Gasteiger partial charge in [-0.1, -0.05) is 26.0 Å². The molecule has 88 valence electrons. The van der Waals surface area contributed by atoms with Gasteiger partial charge in [-0.2, -0.15) is 0 Å². The molecule has 0 heterocycles. The largest absolute Gasteiger partial charge is 0.497 e. The highest BCUT2D eigenvalue weighted by Gasteiger charge is 2.26. The zero-order chi connectivity index (χ0) is 12.2. The second kappa shape index (κ2) is 5.01. The molecule has 1 amide bonds. The van der Waals surface area contributed by atoms with Crippen LogP contribution < -0.4 is 10.1 Å². The first kappa shape index (κ1) is 12.6. The number of ether oxygens (including phenoxy) is 1. The molecule has 0 radical (unpaired) electrons. The Kier molecular flexibility index (Phi) is 3.93. The van der Waals surface area contributed by atoms with Gasteiger partial charge in [0.1, 0.15) is 5.75 Å². The van der Waals surface area contributed by atoms with Crippen LogP contribution in [0.4, 0.5) is 0 Å². The monoisotopic (exact) mass is 221 g/mol. The Balaban J connectivity index is 2.83. The van der Waals surface area contributed by atoms with Gasteiger partial charge in [-0.15, -0.1) is 0 Å². The Morgan fingerprint density at radius 2 is 2.12 bits per heavy atom. The average Bonchev–Trinajstić information content (AvgIpc) is 2.27. The molecule has 0 bridgehead atoms. The maximum Gasteiger partial charge on any atom is 0.225 e. The number of nitrogens with one attached hydrogen (secondary N) is 1. The molecule has 3 nitrogen and oxygen atoms in total. The molecule has 0 aliphatic heterocycles. The Morgan fingerprint density at radius 3 is 2.69 bits per heavy atom. The quantitative estimate of drug-likeness (QED) is 0.844. The average molecular weight is 221 g/mol. The summed E-state index contributed by atoms with van der Waals surface area (Å²) in [6.45, 7) is 3.87. The molecule has 0 aliphatic rings. The number of amides is 1. The van der Waals surface area contributed by atoms with Gasteiger partial charge < -0.3 is 10.1 Å². The molecule has 0 aromatic heterocycles. The SMILES string of the molecule is CNC(=O)C(C)(C)Cc1cccc(OC)c1. The van der Waals surface area contributed by atoms with Crippen molar-refractivity contribution in [2.75, 3.05) is 14.2 Å². The third-order valence-corrected chi connectivity index (χ3v) is 2.62. The summed E-state index contributed by atoms with van der Waals surface area (Å²) in [5, 5.41) is 2.68. The topological polar surface area (TPSA) is 38.3 Å². The van der Waals surface area contributed by atoms with E-state index in [0.29, 0.717) is 6.42 Å². The summed E-state index contributed by atoms with van der Waals surface area (Å²) in [6.07, 6.45) is 0.698. The molecule has 3 heteroatoms. The van der Waals surface area contributed by atoms with Crippen molar-refractivity contribution in [1.82, 2.24) is 5.32 Å². The second-order valence-electron chi connectivity index (χ2n) is 4.49. The van der Waals surface area contributed by atoms with Crippen molar-refractivity contribution in [3.8, 4) is 5.75 Å². The van der Waals surface area contributed by atoms with Crippen LogP contribution in [0.25, 0.3) is 0 Å². The van der Waals surface area contributed by atoms with E-state index in [9.17, 15) is 4.79 Å². The van der Waals surface area contributed by atoms with Crippen LogP contribution >= 0.6 is 0 Å². The molecule has 1 aromatic carbocycles. The van der Waals surface area contributed by atoms with Crippen LogP contribution in [0.5, 0.6) is 5.75 Å². The fourth-order valence-electron chi connectivity index (χ4n) is 1.71. The summed E-state index contributed by atoms with van der Waals surface area (Å²) in [5.74, 6) is 0.875. The van der Waals surface area contributed by atoms with Gasteiger partial charge in [0, 0.05) is 12.5 Å². The molecule has 1 rings (SSSR count). The van der Waals surface area contributed by atoms with E-state index in [1.807, 2.05) is 38.1 Å². The predicted octanol–water partition coefficient (Wildman–Crippen LogP) is 2.01. The first-order valence-electron chi connectivity index (χ1n) is 5.34. The molecular weight excluding hydrogens is 202 g/mol. The molecule has 0 unspecified atom stereocenters. The molecule has 1 N–H and O–H groups in total. The van der Waals surface area contributed by atoms with Gasteiger partial charge in [0.15, 0.2) is 0 Å². The van der Waals surface area contributed by atoms with Crippen molar-refractivity contribution in [3.63, 3.8) is 0 Å². The smallest absolute Gasteiger partial charge is 0.225 e. The van der Waals surface area contributed by atoms with E-state index in [2.05, 4.69) is 5.32 Å². The molecule has 0 spiro atoms. The molecule has 1 aromatic rings. The fraction of sp³-hybridized carbons (Fsp3) is 0.462. The minimum atomic E-state index is -0.402. The predicted molar refractivity (Wildman–Crippen MR) is 64.5 cm³/mol. The Bertz CT molecular complexity index is 372. The van der Waals surface area contributed by atoms with Crippen molar-refractivity contribution >= 4 is 5.91 Å². The Hall–Kier alpha value is -1.51. The van der Waals surface area contributed by atoms with Crippen molar-refractivity contribution in [3.05, 3.63) is 29.8 Å². The highest BCUT2D eigenvalue weighted by atomic mass is 16.5. The Morgan fingerprint density at radius 1 is 1.44 bits per heavy atom. The van der Waals surface area contributed by atoms with Gasteiger partial charge in [0.25, 0.3) is 0 Å². The first-order chi connectivity index (χ1) is 7.49. The lowest BCUT2D eigenvalue weighted by Crippen LogP contribution is -2.36. The third kappa shape index (κ3) is 2.99. The molecule has 0 saturated heterocycles. The maximum absolute atomic E-state index is 11.7. The minimum Gasteiger partial charge on any atom is -0.497 e. The lowest BCUT2D eigenvalue weighted by Gasteiger charge is -2.22.